The number of rotatable bonds is 4. The minimum absolute atomic E-state index is 0.149. The van der Waals surface area contributed by atoms with E-state index in [2.05, 4.69) is 34.5 Å². The largest absolute Gasteiger partial charge is 0.335 e. The molecule has 2 aliphatic heterocycles. The molecule has 0 aromatic heterocycles. The highest BCUT2D eigenvalue weighted by Crippen LogP contribution is 2.36. The number of likely N-dealkylation sites (tertiary alicyclic amines) is 1. The Kier molecular flexibility index (Phi) is 4.79. The maximum atomic E-state index is 12.8. The molecule has 1 aromatic rings. The summed E-state index contributed by atoms with van der Waals surface area (Å²) in [4.78, 5) is 17.2. The van der Waals surface area contributed by atoms with Crippen molar-refractivity contribution in [2.45, 2.75) is 31.2 Å². The van der Waals surface area contributed by atoms with Gasteiger partial charge in [0.15, 0.2) is 0 Å². The van der Waals surface area contributed by atoms with Crippen LogP contribution in [0.25, 0.3) is 0 Å². The molecule has 0 spiro atoms. The van der Waals surface area contributed by atoms with Crippen molar-refractivity contribution in [3.05, 3.63) is 35.9 Å². The second kappa shape index (κ2) is 6.80. The smallest absolute Gasteiger partial charge is 0.237 e. The van der Waals surface area contributed by atoms with Crippen molar-refractivity contribution in [3.8, 4) is 0 Å². The van der Waals surface area contributed by atoms with Crippen LogP contribution in [0.4, 0.5) is 0 Å². The molecule has 2 heterocycles. The standard InChI is InChI=1S/C18H27N3O/c1-20(17(22)15-21-13-5-6-14-21)18(9-11-19-12-10-18)16-7-3-2-4-8-16/h2-4,7-8,19H,5-6,9-15H2,1H3. The normalized spacial score (nSPS) is 21.7. The highest BCUT2D eigenvalue weighted by Gasteiger charge is 2.40. The zero-order valence-electron chi connectivity index (χ0n) is 13.6. The number of amides is 1. The molecule has 22 heavy (non-hydrogen) atoms. The van der Waals surface area contributed by atoms with Crippen LogP contribution in [0.5, 0.6) is 0 Å². The summed E-state index contributed by atoms with van der Waals surface area (Å²) in [6.07, 6.45) is 4.42. The fourth-order valence-electron chi connectivity index (χ4n) is 3.88. The Morgan fingerprint density at radius 2 is 1.82 bits per heavy atom. The predicted molar refractivity (Wildman–Crippen MR) is 88.7 cm³/mol. The van der Waals surface area contributed by atoms with E-state index in [1.165, 1.54) is 18.4 Å². The van der Waals surface area contributed by atoms with Crippen LogP contribution in [0.3, 0.4) is 0 Å². The fraction of sp³-hybridized carbons (Fsp3) is 0.611. The topological polar surface area (TPSA) is 35.6 Å². The van der Waals surface area contributed by atoms with Gasteiger partial charge in [-0.1, -0.05) is 30.3 Å². The number of hydrogen-bond acceptors (Lipinski definition) is 3. The molecule has 4 heteroatoms. The number of piperidine rings is 1. The van der Waals surface area contributed by atoms with E-state index in [1.54, 1.807) is 0 Å². The van der Waals surface area contributed by atoms with Gasteiger partial charge in [-0.25, -0.2) is 0 Å². The number of nitrogens with one attached hydrogen (secondary N) is 1. The number of likely N-dealkylation sites (N-methyl/N-ethyl adjacent to an activating group) is 1. The maximum absolute atomic E-state index is 12.8. The molecule has 1 aromatic carbocycles. The van der Waals surface area contributed by atoms with Crippen molar-refractivity contribution in [3.63, 3.8) is 0 Å². The lowest BCUT2D eigenvalue weighted by Crippen LogP contribution is -2.54. The second-order valence-electron chi connectivity index (χ2n) is 6.58. The van der Waals surface area contributed by atoms with Crippen LogP contribution in [0.1, 0.15) is 31.2 Å². The van der Waals surface area contributed by atoms with Crippen LogP contribution in [-0.2, 0) is 10.3 Å². The van der Waals surface area contributed by atoms with Crippen molar-refractivity contribution >= 4 is 5.91 Å². The molecule has 0 radical (unpaired) electrons. The number of carbonyl (C=O) groups excluding carboxylic acids is 1. The summed E-state index contributed by atoms with van der Waals surface area (Å²) in [5.41, 5.74) is 1.12. The summed E-state index contributed by atoms with van der Waals surface area (Å²) in [7, 11) is 2.00. The van der Waals surface area contributed by atoms with E-state index < -0.39 is 0 Å². The number of benzene rings is 1. The van der Waals surface area contributed by atoms with Crippen molar-refractivity contribution in [1.29, 1.82) is 0 Å². The quantitative estimate of drug-likeness (QED) is 0.921. The molecule has 1 N–H and O–H groups in total. The van der Waals surface area contributed by atoms with Crippen molar-refractivity contribution in [2.75, 3.05) is 39.8 Å². The van der Waals surface area contributed by atoms with E-state index in [9.17, 15) is 4.79 Å². The summed E-state index contributed by atoms with van der Waals surface area (Å²) in [6.45, 7) is 4.64. The predicted octanol–water partition coefficient (Wildman–Crippen LogP) is 1.82. The van der Waals surface area contributed by atoms with Gasteiger partial charge >= 0.3 is 0 Å². The Labute approximate surface area is 133 Å². The van der Waals surface area contributed by atoms with Gasteiger partial charge < -0.3 is 10.2 Å². The van der Waals surface area contributed by atoms with Crippen molar-refractivity contribution in [2.24, 2.45) is 0 Å². The van der Waals surface area contributed by atoms with Crippen molar-refractivity contribution < 1.29 is 4.79 Å². The third-order valence-corrected chi connectivity index (χ3v) is 5.32. The Morgan fingerprint density at radius 1 is 1.18 bits per heavy atom. The highest BCUT2D eigenvalue weighted by molar-refractivity contribution is 5.79. The average molecular weight is 301 g/mol. The summed E-state index contributed by atoms with van der Waals surface area (Å²) in [6, 6.07) is 10.6. The van der Waals surface area contributed by atoms with Gasteiger partial charge in [-0.15, -0.1) is 0 Å². The van der Waals surface area contributed by atoms with E-state index in [0.717, 1.165) is 39.0 Å². The third kappa shape index (κ3) is 3.03. The molecule has 1 amide bonds. The molecular weight excluding hydrogens is 274 g/mol. The van der Waals surface area contributed by atoms with Gasteiger partial charge in [0.25, 0.3) is 0 Å². The lowest BCUT2D eigenvalue weighted by molar-refractivity contribution is -0.138. The zero-order chi connectivity index (χ0) is 15.4. The molecular formula is C18H27N3O. The molecule has 3 rings (SSSR count). The molecule has 4 nitrogen and oxygen atoms in total. The van der Waals surface area contributed by atoms with Gasteiger partial charge in [0.1, 0.15) is 0 Å². The number of carbonyl (C=O) groups is 1. The van der Waals surface area contributed by atoms with E-state index >= 15 is 0 Å². The first-order chi connectivity index (χ1) is 10.7. The molecule has 0 saturated carbocycles. The van der Waals surface area contributed by atoms with Crippen LogP contribution < -0.4 is 5.32 Å². The molecule has 0 aliphatic carbocycles. The number of hydrogen-bond donors (Lipinski definition) is 1. The molecule has 2 fully saturated rings. The first-order valence-corrected chi connectivity index (χ1v) is 8.48. The third-order valence-electron chi connectivity index (χ3n) is 5.32. The summed E-state index contributed by atoms with van der Waals surface area (Å²) in [5, 5.41) is 3.43. The first-order valence-electron chi connectivity index (χ1n) is 8.48. The van der Waals surface area contributed by atoms with E-state index in [4.69, 9.17) is 0 Å². The monoisotopic (exact) mass is 301 g/mol. The SMILES string of the molecule is CN(C(=O)CN1CCCC1)C1(c2ccccc2)CCNCC1. The minimum atomic E-state index is -0.149. The van der Waals surface area contributed by atoms with E-state index in [0.29, 0.717) is 6.54 Å². The summed E-state index contributed by atoms with van der Waals surface area (Å²) >= 11 is 0. The molecule has 0 bridgehead atoms. The van der Waals surface area contributed by atoms with Gasteiger partial charge in [-0.3, -0.25) is 9.69 Å². The van der Waals surface area contributed by atoms with Gasteiger partial charge in [0, 0.05) is 7.05 Å². The molecule has 0 unspecified atom stereocenters. The Morgan fingerprint density at radius 3 is 2.45 bits per heavy atom. The first kappa shape index (κ1) is 15.5. The number of nitrogens with zero attached hydrogens (tertiary/aromatic N) is 2. The minimum Gasteiger partial charge on any atom is -0.335 e. The van der Waals surface area contributed by atoms with Gasteiger partial charge in [0.2, 0.25) is 5.91 Å². The fourth-order valence-corrected chi connectivity index (χ4v) is 3.88. The van der Waals surface area contributed by atoms with E-state index in [-0.39, 0.29) is 11.4 Å². The second-order valence-corrected chi connectivity index (χ2v) is 6.58. The highest BCUT2D eigenvalue weighted by atomic mass is 16.2. The molecule has 0 atom stereocenters. The lowest BCUT2D eigenvalue weighted by Gasteiger charge is -2.45. The lowest BCUT2D eigenvalue weighted by atomic mass is 9.80. The van der Waals surface area contributed by atoms with Gasteiger partial charge in [0.05, 0.1) is 12.1 Å². The molecule has 2 aliphatic rings. The van der Waals surface area contributed by atoms with Crippen LogP contribution >= 0.6 is 0 Å². The maximum Gasteiger partial charge on any atom is 0.237 e. The average Bonchev–Trinajstić information content (AvgIpc) is 3.08. The van der Waals surface area contributed by atoms with Gasteiger partial charge in [-0.2, -0.15) is 0 Å². The Bertz CT molecular complexity index is 490. The van der Waals surface area contributed by atoms with Crippen LogP contribution in [0.15, 0.2) is 30.3 Å². The molecule has 2 saturated heterocycles. The van der Waals surface area contributed by atoms with Crippen LogP contribution in [0.2, 0.25) is 0 Å². The van der Waals surface area contributed by atoms with Crippen LogP contribution in [-0.4, -0.2) is 55.5 Å². The van der Waals surface area contributed by atoms with Crippen molar-refractivity contribution in [1.82, 2.24) is 15.1 Å². The summed E-state index contributed by atoms with van der Waals surface area (Å²) < 4.78 is 0. The van der Waals surface area contributed by atoms with Gasteiger partial charge in [-0.05, 0) is 57.4 Å². The van der Waals surface area contributed by atoms with Crippen LogP contribution in [0, 0.1) is 0 Å². The summed E-state index contributed by atoms with van der Waals surface area (Å²) in [5.74, 6) is 0.257. The van der Waals surface area contributed by atoms with E-state index in [1.807, 2.05) is 18.0 Å². The molecule has 120 valence electrons. The zero-order valence-corrected chi connectivity index (χ0v) is 13.6. The Balaban J connectivity index is 1.80. The Hall–Kier alpha value is -1.39.